The van der Waals surface area contributed by atoms with Crippen LogP contribution in [0, 0.1) is 23.7 Å². The van der Waals surface area contributed by atoms with Crippen LogP contribution in [0.3, 0.4) is 0 Å². The zero-order chi connectivity index (χ0) is 10.5. The number of hydrogen-bond donors (Lipinski definition) is 1. The van der Waals surface area contributed by atoms with Crippen molar-refractivity contribution in [3.05, 3.63) is 12.2 Å². The summed E-state index contributed by atoms with van der Waals surface area (Å²) >= 11 is 1.90. The van der Waals surface area contributed by atoms with Gasteiger partial charge in [-0.15, -0.1) is 0 Å². The van der Waals surface area contributed by atoms with Gasteiger partial charge in [-0.2, -0.15) is 0 Å². The predicted molar refractivity (Wildman–Crippen MR) is 68.6 cm³/mol. The maximum absolute atomic E-state index is 4.52. The Kier molecular flexibility index (Phi) is 2.11. The van der Waals surface area contributed by atoms with E-state index < -0.39 is 0 Å². The number of aliphatic imine (C=N–C) groups is 1. The summed E-state index contributed by atoms with van der Waals surface area (Å²) in [5.74, 6) is 4.96. The molecule has 1 aliphatic heterocycles. The Labute approximate surface area is 101 Å². The van der Waals surface area contributed by atoms with Crippen molar-refractivity contribution < 1.29 is 0 Å². The van der Waals surface area contributed by atoms with Gasteiger partial charge in [-0.3, -0.25) is 4.99 Å². The van der Waals surface area contributed by atoms with Crippen LogP contribution in [0.4, 0.5) is 0 Å². The molecule has 2 nitrogen and oxygen atoms in total. The lowest BCUT2D eigenvalue weighted by molar-refractivity contribution is 0.247. The molecule has 0 aromatic carbocycles. The Balaban J connectivity index is 1.49. The molecule has 0 saturated heterocycles. The molecule has 0 spiro atoms. The highest BCUT2D eigenvalue weighted by molar-refractivity contribution is 8.14. The van der Waals surface area contributed by atoms with Crippen LogP contribution in [-0.4, -0.2) is 23.5 Å². The van der Waals surface area contributed by atoms with Crippen LogP contribution >= 0.6 is 11.8 Å². The van der Waals surface area contributed by atoms with Crippen LogP contribution in [0.1, 0.15) is 19.3 Å². The summed E-state index contributed by atoms with van der Waals surface area (Å²) in [6.07, 6.45) is 9.13. The van der Waals surface area contributed by atoms with Crippen LogP contribution in [0.15, 0.2) is 17.1 Å². The molecule has 3 heteroatoms. The predicted octanol–water partition coefficient (Wildman–Crippen LogP) is 2.28. The first-order valence-corrected chi connectivity index (χ1v) is 7.51. The summed E-state index contributed by atoms with van der Waals surface area (Å²) in [6.45, 7) is 1.01. The highest BCUT2D eigenvalue weighted by Gasteiger charge is 2.52. The molecule has 4 rings (SSSR count). The largest absolute Gasteiger partial charge is 0.362 e. The maximum Gasteiger partial charge on any atom is 0.156 e. The van der Waals surface area contributed by atoms with E-state index in [1.54, 1.807) is 0 Å². The minimum atomic E-state index is 0.721. The normalized spacial score (nSPS) is 48.5. The number of nitrogens with zero attached hydrogens (tertiary/aromatic N) is 1. The summed E-state index contributed by atoms with van der Waals surface area (Å²) in [5, 5.41) is 4.92. The van der Waals surface area contributed by atoms with Crippen LogP contribution < -0.4 is 5.32 Å². The monoisotopic (exact) mass is 234 g/mol. The molecule has 0 radical (unpaired) electrons. The smallest absolute Gasteiger partial charge is 0.156 e. The first-order valence-electron chi connectivity index (χ1n) is 6.52. The van der Waals surface area contributed by atoms with Crippen molar-refractivity contribution in [2.45, 2.75) is 25.3 Å². The van der Waals surface area contributed by atoms with Gasteiger partial charge in [0, 0.05) is 11.8 Å². The van der Waals surface area contributed by atoms with Gasteiger partial charge in [0.25, 0.3) is 0 Å². The Morgan fingerprint density at radius 2 is 2.31 bits per heavy atom. The summed E-state index contributed by atoms with van der Waals surface area (Å²) < 4.78 is 0. The molecular formula is C13H18N2S. The molecule has 2 bridgehead atoms. The minimum Gasteiger partial charge on any atom is -0.362 e. The zero-order valence-electron chi connectivity index (χ0n) is 9.43. The van der Waals surface area contributed by atoms with E-state index in [4.69, 9.17) is 0 Å². The number of hydrogen-bond acceptors (Lipinski definition) is 3. The summed E-state index contributed by atoms with van der Waals surface area (Å²) in [5.41, 5.74) is 0. The van der Waals surface area contributed by atoms with Gasteiger partial charge in [-0.25, -0.2) is 0 Å². The minimum absolute atomic E-state index is 0.721. The molecule has 0 aromatic heterocycles. The fourth-order valence-corrected chi connectivity index (χ4v) is 5.09. The number of rotatable bonds is 1. The third kappa shape index (κ3) is 1.30. The van der Waals surface area contributed by atoms with Gasteiger partial charge in [0.15, 0.2) is 5.17 Å². The van der Waals surface area contributed by atoms with E-state index in [-0.39, 0.29) is 0 Å². The molecule has 16 heavy (non-hydrogen) atoms. The highest BCUT2D eigenvalue weighted by atomic mass is 32.2. The number of fused-ring (bicyclic) bond motifs is 5. The van der Waals surface area contributed by atoms with E-state index in [1.807, 2.05) is 11.8 Å². The van der Waals surface area contributed by atoms with Gasteiger partial charge < -0.3 is 5.32 Å². The second-order valence-corrected chi connectivity index (χ2v) is 6.67. The maximum atomic E-state index is 4.52. The number of thioether (sulfide) groups is 1. The van der Waals surface area contributed by atoms with E-state index >= 15 is 0 Å². The third-order valence-corrected chi connectivity index (χ3v) is 5.81. The van der Waals surface area contributed by atoms with E-state index in [0.717, 1.165) is 36.3 Å². The van der Waals surface area contributed by atoms with Gasteiger partial charge in [-0.1, -0.05) is 23.9 Å². The second kappa shape index (κ2) is 3.52. The first-order chi connectivity index (χ1) is 7.92. The Morgan fingerprint density at radius 3 is 3.19 bits per heavy atom. The van der Waals surface area contributed by atoms with Gasteiger partial charge in [0.05, 0.1) is 6.54 Å². The van der Waals surface area contributed by atoms with Gasteiger partial charge in [0.1, 0.15) is 0 Å². The molecule has 2 fully saturated rings. The van der Waals surface area contributed by atoms with Crippen molar-refractivity contribution >= 4 is 16.9 Å². The summed E-state index contributed by atoms with van der Waals surface area (Å²) in [4.78, 5) is 4.52. The van der Waals surface area contributed by atoms with Crippen molar-refractivity contribution in [3.63, 3.8) is 0 Å². The number of allylic oxidation sites excluding steroid dienone is 2. The van der Waals surface area contributed by atoms with E-state index in [0.29, 0.717) is 0 Å². The van der Waals surface area contributed by atoms with Gasteiger partial charge in [0.2, 0.25) is 0 Å². The topological polar surface area (TPSA) is 24.4 Å². The Morgan fingerprint density at radius 1 is 1.31 bits per heavy atom. The Hall–Kier alpha value is -0.440. The van der Waals surface area contributed by atoms with Crippen molar-refractivity contribution in [1.82, 2.24) is 5.32 Å². The molecule has 2 saturated carbocycles. The van der Waals surface area contributed by atoms with E-state index in [2.05, 4.69) is 22.5 Å². The van der Waals surface area contributed by atoms with Crippen LogP contribution in [0.25, 0.3) is 0 Å². The van der Waals surface area contributed by atoms with Gasteiger partial charge >= 0.3 is 0 Å². The second-order valence-electron chi connectivity index (χ2n) is 5.59. The average molecular weight is 234 g/mol. The highest BCUT2D eigenvalue weighted by Crippen LogP contribution is 2.56. The molecular weight excluding hydrogens is 216 g/mol. The molecule has 1 heterocycles. The fourth-order valence-electron chi connectivity index (χ4n) is 4.29. The average Bonchev–Trinajstić information content (AvgIpc) is 2.99. The third-order valence-electron chi connectivity index (χ3n) is 4.90. The standard InChI is InChI=1S/C13H18N2S/c1-2-9-8-6-11(10(9)3-1)12(7-8)15-13-14-4-5-16-13/h1,3,8-12H,2,4-7H2,(H,14,15)/t8-,9+,10-,11-,12+/m0/s1. The van der Waals surface area contributed by atoms with Crippen LogP contribution in [-0.2, 0) is 0 Å². The number of nitrogens with one attached hydrogen (secondary N) is 1. The quantitative estimate of drug-likeness (QED) is 0.704. The van der Waals surface area contributed by atoms with E-state index in [9.17, 15) is 0 Å². The SMILES string of the molecule is C1=C[C@H]2[C@H](C1)[C@H]1C[C@@H]2[C@H](NC2=NCCS2)C1. The first kappa shape index (κ1) is 9.58. The van der Waals surface area contributed by atoms with Crippen molar-refractivity contribution in [3.8, 4) is 0 Å². The van der Waals surface area contributed by atoms with Crippen LogP contribution in [0.2, 0.25) is 0 Å². The number of amidine groups is 1. The molecule has 86 valence electrons. The lowest BCUT2D eigenvalue weighted by atomic mass is 9.79. The lowest BCUT2D eigenvalue weighted by Gasteiger charge is -2.32. The molecule has 4 aliphatic rings. The summed E-state index contributed by atoms with van der Waals surface area (Å²) in [7, 11) is 0. The van der Waals surface area contributed by atoms with Crippen molar-refractivity contribution in [2.75, 3.05) is 12.3 Å². The molecule has 3 aliphatic carbocycles. The molecule has 1 N–H and O–H groups in total. The molecule has 0 amide bonds. The van der Waals surface area contributed by atoms with Crippen LogP contribution in [0.5, 0.6) is 0 Å². The van der Waals surface area contributed by atoms with E-state index in [1.165, 1.54) is 30.2 Å². The molecule has 0 aromatic rings. The van der Waals surface area contributed by atoms with Crippen molar-refractivity contribution in [1.29, 1.82) is 0 Å². The fraction of sp³-hybridized carbons (Fsp3) is 0.769. The Bertz CT molecular complexity index is 363. The zero-order valence-corrected chi connectivity index (χ0v) is 10.2. The molecule has 0 unspecified atom stereocenters. The van der Waals surface area contributed by atoms with Crippen molar-refractivity contribution in [2.24, 2.45) is 28.7 Å². The lowest BCUT2D eigenvalue weighted by Crippen LogP contribution is -2.41. The van der Waals surface area contributed by atoms with Gasteiger partial charge in [-0.05, 0) is 42.9 Å². The summed E-state index contributed by atoms with van der Waals surface area (Å²) in [6, 6.07) is 0.721. The molecule has 5 atom stereocenters.